The first-order valence-electron chi connectivity index (χ1n) is 11.5. The summed E-state index contributed by atoms with van der Waals surface area (Å²) >= 11 is 0. The Bertz CT molecular complexity index is 425. The van der Waals surface area contributed by atoms with Crippen molar-refractivity contribution >= 4 is 29.9 Å². The fraction of sp³-hybridized carbons (Fsp3) is 0.955. The number of likely N-dealkylation sites (tertiary alicyclic amines) is 2. The molecular weight excluding hydrogens is 461 g/mol. The Morgan fingerprint density at radius 3 is 2.29 bits per heavy atom. The lowest BCUT2D eigenvalue weighted by atomic mass is 9.92. The van der Waals surface area contributed by atoms with Crippen LogP contribution in [0.5, 0.6) is 0 Å². The van der Waals surface area contributed by atoms with E-state index >= 15 is 0 Å². The predicted molar refractivity (Wildman–Crippen MR) is 133 cm³/mol. The summed E-state index contributed by atoms with van der Waals surface area (Å²) in [5, 5.41) is 7.10. The molecule has 2 saturated heterocycles. The highest BCUT2D eigenvalue weighted by Crippen LogP contribution is 2.21. The quantitative estimate of drug-likeness (QED) is 0.227. The molecule has 166 valence electrons. The van der Waals surface area contributed by atoms with Crippen LogP contribution in [0.3, 0.4) is 0 Å². The van der Waals surface area contributed by atoms with Gasteiger partial charge in [-0.15, -0.1) is 24.0 Å². The van der Waals surface area contributed by atoms with Gasteiger partial charge in [-0.2, -0.15) is 0 Å². The van der Waals surface area contributed by atoms with Crippen molar-refractivity contribution in [2.24, 2.45) is 16.8 Å². The number of unbranched alkanes of at least 4 members (excludes halogenated alkanes) is 1. The van der Waals surface area contributed by atoms with Crippen LogP contribution in [-0.2, 0) is 0 Å². The number of aliphatic imine (C=N–C) groups is 1. The third-order valence-corrected chi connectivity index (χ3v) is 6.04. The zero-order valence-electron chi connectivity index (χ0n) is 19.0. The van der Waals surface area contributed by atoms with Crippen LogP contribution in [-0.4, -0.2) is 73.7 Å². The van der Waals surface area contributed by atoms with Crippen LogP contribution in [0, 0.1) is 11.8 Å². The van der Waals surface area contributed by atoms with Gasteiger partial charge in [-0.1, -0.05) is 13.8 Å². The molecule has 2 aliphatic rings. The topological polar surface area (TPSA) is 42.9 Å². The summed E-state index contributed by atoms with van der Waals surface area (Å²) in [4.78, 5) is 10.1. The molecule has 28 heavy (non-hydrogen) atoms. The van der Waals surface area contributed by atoms with E-state index in [1.807, 2.05) is 0 Å². The van der Waals surface area contributed by atoms with Crippen molar-refractivity contribution in [3.8, 4) is 0 Å². The maximum absolute atomic E-state index is 4.84. The molecule has 0 aromatic heterocycles. The largest absolute Gasteiger partial charge is 0.357 e. The lowest BCUT2D eigenvalue weighted by molar-refractivity contribution is 0.139. The average Bonchev–Trinajstić information content (AvgIpc) is 2.61. The van der Waals surface area contributed by atoms with Crippen LogP contribution in [0.25, 0.3) is 0 Å². The second-order valence-electron chi connectivity index (χ2n) is 9.22. The van der Waals surface area contributed by atoms with Gasteiger partial charge in [0.25, 0.3) is 0 Å². The van der Waals surface area contributed by atoms with E-state index in [0.717, 1.165) is 30.9 Å². The summed E-state index contributed by atoms with van der Waals surface area (Å²) in [5.74, 6) is 2.73. The summed E-state index contributed by atoms with van der Waals surface area (Å²) in [6, 6.07) is 1.23. The van der Waals surface area contributed by atoms with Crippen molar-refractivity contribution in [3.05, 3.63) is 0 Å². The first kappa shape index (κ1) is 26.0. The van der Waals surface area contributed by atoms with Crippen molar-refractivity contribution in [3.63, 3.8) is 0 Å². The highest BCUT2D eigenvalue weighted by Gasteiger charge is 2.22. The molecule has 0 aromatic carbocycles. The molecule has 0 radical (unpaired) electrons. The van der Waals surface area contributed by atoms with Crippen LogP contribution < -0.4 is 10.6 Å². The molecule has 2 aliphatic heterocycles. The Morgan fingerprint density at radius 2 is 1.71 bits per heavy atom. The van der Waals surface area contributed by atoms with E-state index in [2.05, 4.69) is 55.1 Å². The molecule has 0 amide bonds. The fourth-order valence-corrected chi connectivity index (χ4v) is 4.69. The molecule has 5 nitrogen and oxygen atoms in total. The molecule has 0 spiro atoms. The molecule has 0 bridgehead atoms. The number of piperidine rings is 2. The maximum atomic E-state index is 4.84. The minimum Gasteiger partial charge on any atom is -0.357 e. The zero-order valence-corrected chi connectivity index (χ0v) is 21.4. The molecule has 0 saturated carbocycles. The van der Waals surface area contributed by atoms with Crippen LogP contribution in [0.15, 0.2) is 4.99 Å². The molecule has 2 N–H and O–H groups in total. The van der Waals surface area contributed by atoms with Crippen molar-refractivity contribution in [2.45, 2.75) is 78.8 Å². The SMILES string of the molecule is CCNC(=NCCCCN1CC(C)CC(C)C1)NC1CCN(C(C)C)CC1.I. The standard InChI is InChI=1S/C22H45N5.HI/c1-6-23-22(25-21-9-13-27(14-10-21)18(2)3)24-11-7-8-12-26-16-19(4)15-20(5)17-26;/h18-21H,6-17H2,1-5H3,(H2,23,24,25);1H. The average molecular weight is 508 g/mol. The zero-order chi connectivity index (χ0) is 19.6. The molecule has 2 fully saturated rings. The fourth-order valence-electron chi connectivity index (χ4n) is 4.69. The number of nitrogens with one attached hydrogen (secondary N) is 2. The number of halogens is 1. The molecule has 6 heteroatoms. The van der Waals surface area contributed by atoms with Gasteiger partial charge in [-0.05, 0) is 71.3 Å². The van der Waals surface area contributed by atoms with Crippen molar-refractivity contribution in [1.29, 1.82) is 0 Å². The smallest absolute Gasteiger partial charge is 0.191 e. The normalized spacial score (nSPS) is 25.6. The third-order valence-electron chi connectivity index (χ3n) is 6.04. The molecule has 0 aliphatic carbocycles. The van der Waals surface area contributed by atoms with E-state index < -0.39 is 0 Å². The number of guanidine groups is 1. The first-order valence-corrected chi connectivity index (χ1v) is 11.5. The van der Waals surface area contributed by atoms with Gasteiger partial charge in [0.1, 0.15) is 0 Å². The van der Waals surface area contributed by atoms with Gasteiger partial charge in [0.15, 0.2) is 5.96 Å². The van der Waals surface area contributed by atoms with E-state index in [4.69, 9.17) is 4.99 Å². The van der Waals surface area contributed by atoms with E-state index in [9.17, 15) is 0 Å². The lowest BCUT2D eigenvalue weighted by Gasteiger charge is -2.35. The Kier molecular flexibility index (Phi) is 13.0. The van der Waals surface area contributed by atoms with Crippen molar-refractivity contribution in [1.82, 2.24) is 20.4 Å². The van der Waals surface area contributed by atoms with Gasteiger partial charge in [0.05, 0.1) is 0 Å². The number of hydrogen-bond acceptors (Lipinski definition) is 3. The summed E-state index contributed by atoms with van der Waals surface area (Å²) in [6.07, 6.45) is 6.27. The molecule has 2 atom stereocenters. The number of nitrogens with zero attached hydrogens (tertiary/aromatic N) is 3. The molecule has 2 unspecified atom stereocenters. The van der Waals surface area contributed by atoms with Gasteiger partial charge in [0, 0.05) is 51.4 Å². The van der Waals surface area contributed by atoms with E-state index in [1.54, 1.807) is 0 Å². The Labute approximate surface area is 191 Å². The molecule has 0 aromatic rings. The van der Waals surface area contributed by atoms with Gasteiger partial charge >= 0.3 is 0 Å². The monoisotopic (exact) mass is 507 g/mol. The highest BCUT2D eigenvalue weighted by atomic mass is 127. The lowest BCUT2D eigenvalue weighted by Crippen LogP contribution is -2.49. The van der Waals surface area contributed by atoms with Gasteiger partial charge < -0.3 is 20.4 Å². The Balaban J connectivity index is 0.00000392. The Hall–Kier alpha value is -0.0800. The second kappa shape index (κ2) is 14.0. The van der Waals surface area contributed by atoms with Crippen LogP contribution in [0.1, 0.15) is 66.7 Å². The van der Waals surface area contributed by atoms with Crippen molar-refractivity contribution < 1.29 is 0 Å². The highest BCUT2D eigenvalue weighted by molar-refractivity contribution is 14.0. The first-order chi connectivity index (χ1) is 13.0. The number of hydrogen-bond donors (Lipinski definition) is 2. The minimum absolute atomic E-state index is 0. The van der Waals surface area contributed by atoms with Crippen LogP contribution in [0.2, 0.25) is 0 Å². The van der Waals surface area contributed by atoms with Crippen molar-refractivity contribution in [2.75, 3.05) is 45.8 Å². The summed E-state index contributed by atoms with van der Waals surface area (Å²) in [5.41, 5.74) is 0. The van der Waals surface area contributed by atoms with E-state index in [-0.39, 0.29) is 24.0 Å². The van der Waals surface area contributed by atoms with Gasteiger partial charge in [-0.25, -0.2) is 0 Å². The molecule has 2 rings (SSSR count). The maximum Gasteiger partial charge on any atom is 0.191 e. The summed E-state index contributed by atoms with van der Waals surface area (Å²) < 4.78 is 0. The van der Waals surface area contributed by atoms with Gasteiger partial charge in [0.2, 0.25) is 0 Å². The summed E-state index contributed by atoms with van der Waals surface area (Å²) in [7, 11) is 0. The van der Waals surface area contributed by atoms with Crippen LogP contribution in [0.4, 0.5) is 0 Å². The summed E-state index contributed by atoms with van der Waals surface area (Å²) in [6.45, 7) is 19.6. The number of rotatable bonds is 8. The van der Waals surface area contributed by atoms with Gasteiger partial charge in [-0.3, -0.25) is 4.99 Å². The van der Waals surface area contributed by atoms with Crippen LogP contribution >= 0.6 is 24.0 Å². The second-order valence-corrected chi connectivity index (χ2v) is 9.22. The van der Waals surface area contributed by atoms with E-state index in [0.29, 0.717) is 12.1 Å². The molecule has 2 heterocycles. The Morgan fingerprint density at radius 1 is 1.07 bits per heavy atom. The molecular formula is C22H46IN5. The third kappa shape index (κ3) is 9.61. The van der Waals surface area contributed by atoms with E-state index in [1.165, 1.54) is 64.8 Å². The predicted octanol–water partition coefficient (Wildman–Crippen LogP) is 3.79. The minimum atomic E-state index is 0.